The number of nitrogens with two attached hydrogens (primary N) is 1. The van der Waals surface area contributed by atoms with Crippen LogP contribution in [0.25, 0.3) is 11.1 Å². The van der Waals surface area contributed by atoms with Gasteiger partial charge in [-0.05, 0) is 34.4 Å². The van der Waals surface area contributed by atoms with Crippen molar-refractivity contribution in [3.05, 3.63) is 83.9 Å². The van der Waals surface area contributed by atoms with Crippen LogP contribution < -0.4 is 21.7 Å². The van der Waals surface area contributed by atoms with Crippen molar-refractivity contribution >= 4 is 29.3 Å². The molecule has 0 bridgehead atoms. The fraction of sp³-hybridized carbons (Fsp3) is 0.160. The maximum absolute atomic E-state index is 12.3. The number of fused-ring (bicyclic) bond motifs is 3. The molecule has 3 aromatic rings. The van der Waals surface area contributed by atoms with Crippen LogP contribution in [-0.2, 0) is 14.3 Å². The number of ether oxygens (including phenoxy) is 1. The van der Waals surface area contributed by atoms with Gasteiger partial charge in [-0.1, -0.05) is 60.7 Å². The summed E-state index contributed by atoms with van der Waals surface area (Å²) in [5, 5.41) is 7.73. The van der Waals surface area contributed by atoms with Crippen LogP contribution in [0.2, 0.25) is 0 Å². The highest BCUT2D eigenvalue weighted by atomic mass is 16.5. The highest BCUT2D eigenvalue weighted by molar-refractivity contribution is 6.01. The van der Waals surface area contributed by atoms with E-state index in [1.54, 1.807) is 24.3 Å². The molecule has 0 unspecified atom stereocenters. The van der Waals surface area contributed by atoms with Gasteiger partial charge in [0, 0.05) is 5.92 Å². The van der Waals surface area contributed by atoms with Gasteiger partial charge in [-0.25, -0.2) is 4.79 Å². The van der Waals surface area contributed by atoms with Crippen LogP contribution in [0, 0.1) is 0 Å². The number of amides is 3. The number of alkyl carbamates (subject to hydrolysis) is 1. The van der Waals surface area contributed by atoms with Gasteiger partial charge in [0.05, 0.1) is 17.9 Å². The molecule has 0 atom stereocenters. The Labute approximate surface area is 191 Å². The number of carbonyl (C=O) groups excluding carboxylic acids is 3. The number of rotatable bonds is 7. The van der Waals surface area contributed by atoms with E-state index < -0.39 is 12.0 Å². The van der Waals surface area contributed by atoms with Crippen LogP contribution in [0.5, 0.6) is 0 Å². The van der Waals surface area contributed by atoms with Gasteiger partial charge >= 0.3 is 6.09 Å². The molecule has 0 spiro atoms. The molecule has 0 saturated heterocycles. The highest BCUT2D eigenvalue weighted by Gasteiger charge is 2.29. The largest absolute Gasteiger partial charge is 0.449 e. The Morgan fingerprint density at radius 1 is 0.758 bits per heavy atom. The van der Waals surface area contributed by atoms with Crippen molar-refractivity contribution in [1.29, 1.82) is 0 Å². The molecule has 1 aliphatic rings. The van der Waals surface area contributed by atoms with E-state index >= 15 is 0 Å². The molecule has 3 amide bonds. The average molecular weight is 444 g/mol. The number of para-hydroxylation sites is 2. The van der Waals surface area contributed by atoms with Crippen molar-refractivity contribution in [3.63, 3.8) is 0 Å². The monoisotopic (exact) mass is 444 g/mol. The number of anilines is 2. The molecule has 1 aliphatic carbocycles. The second-order valence-electron chi connectivity index (χ2n) is 7.53. The topological polar surface area (TPSA) is 123 Å². The molecule has 8 heteroatoms. The predicted molar refractivity (Wildman–Crippen MR) is 126 cm³/mol. The fourth-order valence-electron chi connectivity index (χ4n) is 3.90. The van der Waals surface area contributed by atoms with E-state index in [0.29, 0.717) is 11.4 Å². The van der Waals surface area contributed by atoms with Gasteiger partial charge in [-0.3, -0.25) is 9.59 Å². The minimum absolute atomic E-state index is 0.0602. The van der Waals surface area contributed by atoms with Gasteiger partial charge in [-0.2, -0.15) is 0 Å². The third-order valence-electron chi connectivity index (χ3n) is 5.40. The number of hydrogen-bond donors (Lipinski definition) is 4. The van der Waals surface area contributed by atoms with Gasteiger partial charge in [0.25, 0.3) is 0 Å². The predicted octanol–water partition coefficient (Wildman–Crippen LogP) is 3.06. The van der Waals surface area contributed by atoms with Crippen molar-refractivity contribution in [2.75, 3.05) is 30.3 Å². The standard InChI is InChI=1S/C25H24N4O4/c26-13-23(30)28-21-11-5-6-12-22(21)29-24(31)14-27-25(32)33-15-20-18-9-3-1-7-16(18)17-8-2-4-10-19(17)20/h1-12,20H,13-15,26H2,(H,27,32)(H,28,30)(H,29,31). The average Bonchev–Trinajstić information content (AvgIpc) is 3.16. The van der Waals surface area contributed by atoms with Gasteiger partial charge in [-0.15, -0.1) is 0 Å². The van der Waals surface area contributed by atoms with Crippen molar-refractivity contribution in [2.45, 2.75) is 5.92 Å². The van der Waals surface area contributed by atoms with Crippen molar-refractivity contribution in [2.24, 2.45) is 5.73 Å². The number of nitrogens with one attached hydrogen (secondary N) is 3. The first-order chi connectivity index (χ1) is 16.1. The summed E-state index contributed by atoms with van der Waals surface area (Å²) in [4.78, 5) is 36.1. The zero-order chi connectivity index (χ0) is 23.2. The molecular weight excluding hydrogens is 420 g/mol. The minimum Gasteiger partial charge on any atom is -0.449 e. The third-order valence-corrected chi connectivity index (χ3v) is 5.40. The lowest BCUT2D eigenvalue weighted by Crippen LogP contribution is -2.34. The van der Waals surface area contributed by atoms with Crippen molar-refractivity contribution in [3.8, 4) is 11.1 Å². The first-order valence-electron chi connectivity index (χ1n) is 10.5. The van der Waals surface area contributed by atoms with Crippen LogP contribution in [0.15, 0.2) is 72.8 Å². The molecule has 0 aromatic heterocycles. The number of carbonyl (C=O) groups is 3. The summed E-state index contributed by atoms with van der Waals surface area (Å²) in [6.45, 7) is -0.295. The summed E-state index contributed by atoms with van der Waals surface area (Å²) in [6.07, 6.45) is -0.684. The molecule has 0 aliphatic heterocycles. The summed E-state index contributed by atoms with van der Waals surface area (Å²) in [7, 11) is 0. The Morgan fingerprint density at radius 3 is 1.85 bits per heavy atom. The molecule has 0 radical (unpaired) electrons. The van der Waals surface area contributed by atoms with E-state index in [1.807, 2.05) is 36.4 Å². The van der Waals surface area contributed by atoms with E-state index in [2.05, 4.69) is 28.1 Å². The van der Waals surface area contributed by atoms with Crippen molar-refractivity contribution in [1.82, 2.24) is 5.32 Å². The van der Waals surface area contributed by atoms with Gasteiger partial charge < -0.3 is 26.4 Å². The molecule has 0 saturated carbocycles. The Balaban J connectivity index is 1.31. The normalized spacial score (nSPS) is 11.8. The van der Waals surface area contributed by atoms with Crippen molar-refractivity contribution < 1.29 is 19.1 Å². The lowest BCUT2D eigenvalue weighted by atomic mass is 9.98. The summed E-state index contributed by atoms with van der Waals surface area (Å²) >= 11 is 0. The molecular formula is C25H24N4O4. The van der Waals surface area contributed by atoms with Gasteiger partial charge in [0.1, 0.15) is 13.2 Å². The van der Waals surface area contributed by atoms with Crippen LogP contribution in [0.1, 0.15) is 17.0 Å². The fourth-order valence-corrected chi connectivity index (χ4v) is 3.90. The summed E-state index contributed by atoms with van der Waals surface area (Å²) < 4.78 is 5.43. The van der Waals surface area contributed by atoms with Crippen LogP contribution in [0.3, 0.4) is 0 Å². The maximum Gasteiger partial charge on any atom is 0.407 e. The second kappa shape index (κ2) is 9.97. The highest BCUT2D eigenvalue weighted by Crippen LogP contribution is 2.44. The van der Waals surface area contributed by atoms with Gasteiger partial charge in [0.2, 0.25) is 11.8 Å². The zero-order valence-corrected chi connectivity index (χ0v) is 17.8. The SMILES string of the molecule is NCC(=O)Nc1ccccc1NC(=O)CNC(=O)OCC1c2ccccc2-c2ccccc21. The molecule has 5 N–H and O–H groups in total. The van der Waals surface area contributed by atoms with Crippen LogP contribution in [0.4, 0.5) is 16.2 Å². The second-order valence-corrected chi connectivity index (χ2v) is 7.53. The quantitative estimate of drug-likeness (QED) is 0.446. The first kappa shape index (κ1) is 22.0. The Kier molecular flexibility index (Phi) is 6.66. The summed E-state index contributed by atoms with van der Waals surface area (Å²) in [5.74, 6) is -0.901. The van der Waals surface area contributed by atoms with E-state index in [-0.39, 0.29) is 31.5 Å². The zero-order valence-electron chi connectivity index (χ0n) is 17.8. The summed E-state index contributed by atoms with van der Waals surface area (Å²) in [5.41, 5.74) is 10.6. The molecule has 8 nitrogen and oxygen atoms in total. The van der Waals surface area contributed by atoms with E-state index in [1.165, 1.54) is 0 Å². The minimum atomic E-state index is -0.684. The van der Waals surface area contributed by atoms with E-state index in [9.17, 15) is 14.4 Å². The molecule has 3 aromatic carbocycles. The number of benzene rings is 3. The molecule has 0 fully saturated rings. The van der Waals surface area contributed by atoms with E-state index in [0.717, 1.165) is 22.3 Å². The summed E-state index contributed by atoms with van der Waals surface area (Å²) in [6, 6.07) is 22.8. The lowest BCUT2D eigenvalue weighted by molar-refractivity contribution is -0.116. The molecule has 168 valence electrons. The van der Waals surface area contributed by atoms with E-state index in [4.69, 9.17) is 10.5 Å². The maximum atomic E-state index is 12.3. The van der Waals surface area contributed by atoms with Gasteiger partial charge in [0.15, 0.2) is 0 Å². The first-order valence-corrected chi connectivity index (χ1v) is 10.5. The van der Waals surface area contributed by atoms with Crippen LogP contribution >= 0.6 is 0 Å². The Morgan fingerprint density at radius 2 is 1.27 bits per heavy atom. The molecule has 33 heavy (non-hydrogen) atoms. The smallest absolute Gasteiger partial charge is 0.407 e. The molecule has 0 heterocycles. The third kappa shape index (κ3) is 5.02. The molecule has 4 rings (SSSR count). The number of hydrogen-bond acceptors (Lipinski definition) is 5. The Hall–Kier alpha value is -4.17. The Bertz CT molecular complexity index is 1150. The lowest BCUT2D eigenvalue weighted by Gasteiger charge is -2.15. The van der Waals surface area contributed by atoms with Crippen LogP contribution in [-0.4, -0.2) is 37.6 Å².